The Balaban J connectivity index is 1.34. The van der Waals surface area contributed by atoms with Crippen molar-refractivity contribution < 1.29 is 18.6 Å². The van der Waals surface area contributed by atoms with Crippen LogP contribution in [0.2, 0.25) is 0 Å². The lowest BCUT2D eigenvalue weighted by molar-refractivity contribution is 0.107. The second-order valence-electron chi connectivity index (χ2n) is 8.85. The number of fused-ring (bicyclic) bond motifs is 2. The van der Waals surface area contributed by atoms with Gasteiger partial charge in [-0.25, -0.2) is 18.7 Å². The highest BCUT2D eigenvalue weighted by Crippen LogP contribution is 2.34. The topological polar surface area (TPSA) is 96.3 Å². The van der Waals surface area contributed by atoms with Crippen LogP contribution in [0, 0.1) is 5.82 Å². The van der Waals surface area contributed by atoms with Crippen molar-refractivity contribution in [1.82, 2.24) is 25.5 Å². The second-order valence-corrected chi connectivity index (χ2v) is 8.85. The summed E-state index contributed by atoms with van der Waals surface area (Å²) in [5.74, 6) is -0.0530. The molecule has 2 bridgehead atoms. The van der Waals surface area contributed by atoms with Crippen molar-refractivity contribution in [2.45, 2.75) is 50.0 Å². The fourth-order valence-corrected chi connectivity index (χ4v) is 4.91. The van der Waals surface area contributed by atoms with Crippen LogP contribution in [0.5, 0.6) is 11.6 Å². The molecule has 0 spiro atoms. The minimum absolute atomic E-state index is 0.0772. The predicted molar refractivity (Wildman–Crippen MR) is 123 cm³/mol. The van der Waals surface area contributed by atoms with Crippen molar-refractivity contribution in [2.75, 3.05) is 19.1 Å². The van der Waals surface area contributed by atoms with Crippen molar-refractivity contribution in [3.05, 3.63) is 42.5 Å². The molecule has 2 aliphatic rings. The third-order valence-electron chi connectivity index (χ3n) is 6.78. The number of methoxy groups -OCH3 is 1. The Morgan fingerprint density at radius 1 is 1.12 bits per heavy atom. The quantitative estimate of drug-likeness (QED) is 0.587. The van der Waals surface area contributed by atoms with Gasteiger partial charge in [-0.2, -0.15) is 0 Å². The maximum atomic E-state index is 15.1. The first kappa shape index (κ1) is 22.4. The van der Waals surface area contributed by atoms with E-state index in [2.05, 4.69) is 25.5 Å². The van der Waals surface area contributed by atoms with E-state index in [1.807, 2.05) is 11.9 Å². The maximum Gasteiger partial charge on any atom is 0.250 e. The molecular weight excluding hydrogens is 442 g/mol. The number of alkyl halides is 1. The van der Waals surface area contributed by atoms with E-state index < -0.39 is 12.0 Å². The molecular formula is C24H26F2N6O2. The summed E-state index contributed by atoms with van der Waals surface area (Å²) < 4.78 is 33.9. The molecule has 5 rings (SSSR count). The highest BCUT2D eigenvalue weighted by molar-refractivity contribution is 5.72. The average Bonchev–Trinajstić information content (AvgIpc) is 2.86. The molecule has 2 N–H and O–H groups in total. The van der Waals surface area contributed by atoms with Crippen molar-refractivity contribution in [2.24, 2.45) is 0 Å². The molecule has 2 fully saturated rings. The number of halogens is 2. The van der Waals surface area contributed by atoms with Crippen molar-refractivity contribution in [3.8, 4) is 34.1 Å². The van der Waals surface area contributed by atoms with Crippen LogP contribution in [0.3, 0.4) is 0 Å². The number of anilines is 1. The number of pyridine rings is 1. The van der Waals surface area contributed by atoms with Crippen molar-refractivity contribution in [1.29, 1.82) is 0 Å². The first-order valence-corrected chi connectivity index (χ1v) is 11.3. The highest BCUT2D eigenvalue weighted by Gasteiger charge is 2.42. The lowest BCUT2D eigenvalue weighted by Crippen LogP contribution is -2.61. The van der Waals surface area contributed by atoms with Crippen LogP contribution in [0.25, 0.3) is 22.5 Å². The minimum atomic E-state index is -0.989. The van der Waals surface area contributed by atoms with Crippen molar-refractivity contribution in [3.63, 3.8) is 0 Å². The Morgan fingerprint density at radius 2 is 1.97 bits per heavy atom. The zero-order valence-corrected chi connectivity index (χ0v) is 18.9. The number of ether oxygens (including phenoxy) is 1. The fourth-order valence-electron chi connectivity index (χ4n) is 4.91. The monoisotopic (exact) mass is 468 g/mol. The zero-order valence-electron chi connectivity index (χ0n) is 18.9. The molecule has 2 aliphatic heterocycles. The Bertz CT molecular complexity index is 1180. The maximum absolute atomic E-state index is 15.1. The van der Waals surface area contributed by atoms with Gasteiger partial charge in [0.25, 0.3) is 0 Å². The lowest BCUT2D eigenvalue weighted by Gasteiger charge is -2.45. The van der Waals surface area contributed by atoms with E-state index in [0.29, 0.717) is 35.0 Å². The molecule has 3 aromatic rings. The summed E-state index contributed by atoms with van der Waals surface area (Å²) in [5.41, 5.74) is 1.45. The summed E-state index contributed by atoms with van der Waals surface area (Å²) in [6, 6.07) is 6.04. The second kappa shape index (κ2) is 9.09. The van der Waals surface area contributed by atoms with E-state index in [4.69, 9.17) is 4.74 Å². The number of nitrogens with one attached hydrogen (secondary N) is 1. The molecule has 0 aliphatic carbocycles. The number of phenolic OH excluding ortho intramolecular Hbond substituents is 1. The molecule has 10 heteroatoms. The number of piperidine rings is 2. The van der Waals surface area contributed by atoms with E-state index in [1.54, 1.807) is 18.3 Å². The molecule has 4 heterocycles. The van der Waals surface area contributed by atoms with E-state index in [-0.39, 0.29) is 29.5 Å². The fraction of sp³-hybridized carbons (Fsp3) is 0.417. The highest BCUT2D eigenvalue weighted by atomic mass is 19.1. The molecule has 2 saturated heterocycles. The van der Waals surface area contributed by atoms with Crippen LogP contribution < -0.4 is 15.0 Å². The van der Waals surface area contributed by atoms with Gasteiger partial charge in [0.2, 0.25) is 5.88 Å². The largest absolute Gasteiger partial charge is 0.507 e. The smallest absolute Gasteiger partial charge is 0.250 e. The Labute approximate surface area is 196 Å². The molecule has 0 amide bonds. The summed E-state index contributed by atoms with van der Waals surface area (Å²) in [6.07, 6.45) is 5.69. The van der Waals surface area contributed by atoms with Gasteiger partial charge in [-0.15, -0.1) is 10.2 Å². The number of phenols is 1. The van der Waals surface area contributed by atoms with Gasteiger partial charge in [0.15, 0.2) is 17.5 Å². The molecule has 1 aromatic carbocycles. The van der Waals surface area contributed by atoms with Crippen LogP contribution in [-0.4, -0.2) is 63.7 Å². The Hall–Kier alpha value is -3.40. The summed E-state index contributed by atoms with van der Waals surface area (Å²) in [6.45, 7) is 0. The van der Waals surface area contributed by atoms with E-state index in [1.165, 1.54) is 25.4 Å². The third kappa shape index (κ3) is 4.13. The third-order valence-corrected chi connectivity index (χ3v) is 6.78. The van der Waals surface area contributed by atoms with Gasteiger partial charge >= 0.3 is 0 Å². The summed E-state index contributed by atoms with van der Waals surface area (Å²) in [7, 11) is 3.16. The van der Waals surface area contributed by atoms with Gasteiger partial charge in [-0.05, 0) is 43.0 Å². The standard InChI is InChI=1S/C24H26F2N6O2/c1-32(19-10-15-4-3-5-18(29-15)22(19)26)21-12-27-23(31-30-21)16-7-6-13(9-20(16)33)14-8-17(25)24(34-2)28-11-14/h6-9,11-12,15,18-19,22,29,33H,3-5,10H2,1-2H3/t15-,18-,19+,22-/m0/s1. The number of nitrogens with zero attached hydrogens (tertiary/aromatic N) is 5. The normalized spacial score (nSPS) is 24.0. The van der Waals surface area contributed by atoms with Crippen LogP contribution >= 0.6 is 0 Å². The number of rotatable bonds is 5. The van der Waals surface area contributed by atoms with Gasteiger partial charge in [0, 0.05) is 30.9 Å². The van der Waals surface area contributed by atoms with Crippen LogP contribution in [-0.2, 0) is 0 Å². The zero-order chi connectivity index (χ0) is 23.8. The molecule has 0 saturated carbocycles. The molecule has 8 nitrogen and oxygen atoms in total. The van der Waals surface area contributed by atoms with Gasteiger partial charge in [-0.3, -0.25) is 0 Å². The van der Waals surface area contributed by atoms with Gasteiger partial charge in [0.05, 0.1) is 24.9 Å². The SMILES string of the molecule is COc1ncc(-c2ccc(-c3ncc(N(C)[C@@H]4C[C@@H]5CCC[C@H](N5)[C@@H]4F)nn3)c(O)c2)cc1F. The van der Waals surface area contributed by atoms with Crippen LogP contribution in [0.1, 0.15) is 25.7 Å². The number of aromatic nitrogens is 4. The van der Waals surface area contributed by atoms with E-state index in [0.717, 1.165) is 19.3 Å². The number of aromatic hydroxyl groups is 1. The summed E-state index contributed by atoms with van der Waals surface area (Å²) >= 11 is 0. The molecule has 2 aromatic heterocycles. The van der Waals surface area contributed by atoms with Gasteiger partial charge in [-0.1, -0.05) is 12.5 Å². The van der Waals surface area contributed by atoms with E-state index in [9.17, 15) is 9.50 Å². The summed E-state index contributed by atoms with van der Waals surface area (Å²) in [5, 5.41) is 22.4. The number of hydrogen-bond donors (Lipinski definition) is 2. The number of benzene rings is 1. The predicted octanol–water partition coefficient (Wildman–Crippen LogP) is 3.51. The van der Waals surface area contributed by atoms with Gasteiger partial charge in [0.1, 0.15) is 11.9 Å². The van der Waals surface area contributed by atoms with Crippen molar-refractivity contribution >= 4 is 5.82 Å². The molecule has 34 heavy (non-hydrogen) atoms. The first-order valence-electron chi connectivity index (χ1n) is 11.3. The Morgan fingerprint density at radius 3 is 2.68 bits per heavy atom. The van der Waals surface area contributed by atoms with Crippen LogP contribution in [0.15, 0.2) is 36.7 Å². The van der Waals surface area contributed by atoms with Crippen LogP contribution in [0.4, 0.5) is 14.6 Å². The summed E-state index contributed by atoms with van der Waals surface area (Å²) in [4.78, 5) is 10.1. The molecule has 0 unspecified atom stereocenters. The average molecular weight is 469 g/mol. The number of hydrogen-bond acceptors (Lipinski definition) is 8. The lowest BCUT2D eigenvalue weighted by atomic mass is 9.82. The molecule has 178 valence electrons. The Kier molecular flexibility index (Phi) is 5.99. The minimum Gasteiger partial charge on any atom is -0.507 e. The molecule has 0 radical (unpaired) electrons. The van der Waals surface area contributed by atoms with E-state index >= 15 is 4.39 Å². The first-order chi connectivity index (χ1) is 16.4. The van der Waals surface area contributed by atoms with Gasteiger partial charge < -0.3 is 20.1 Å². The molecule has 4 atom stereocenters.